The maximum atomic E-state index is 13.5. The van der Waals surface area contributed by atoms with E-state index in [1.165, 1.54) is 0 Å². The Bertz CT molecular complexity index is 1700. The van der Waals surface area contributed by atoms with E-state index in [0.29, 0.717) is 23.6 Å². The zero-order chi connectivity index (χ0) is 25.5. The van der Waals surface area contributed by atoms with Crippen LogP contribution in [0.15, 0.2) is 89.7 Å². The fourth-order valence-electron chi connectivity index (χ4n) is 4.85. The molecule has 0 spiro atoms. The molecule has 5 aromatic rings. The van der Waals surface area contributed by atoms with Crippen LogP contribution >= 0.6 is 0 Å². The molecule has 1 aliphatic rings. The van der Waals surface area contributed by atoms with Crippen molar-refractivity contribution in [1.82, 2.24) is 24.2 Å². The number of hydrogen-bond acceptors (Lipinski definition) is 5. The van der Waals surface area contributed by atoms with Gasteiger partial charge in [0, 0.05) is 22.9 Å². The van der Waals surface area contributed by atoms with E-state index in [-0.39, 0.29) is 17.5 Å². The highest BCUT2D eigenvalue weighted by atomic mass is 16.2. The molecule has 8 heteroatoms. The third kappa shape index (κ3) is 4.21. The highest BCUT2D eigenvalue weighted by molar-refractivity contribution is 6.04. The molecule has 6 bridgehead atoms. The van der Waals surface area contributed by atoms with E-state index in [4.69, 9.17) is 10.1 Å². The normalized spacial score (nSPS) is 14.8. The van der Waals surface area contributed by atoms with Crippen molar-refractivity contribution in [2.75, 3.05) is 26.0 Å². The van der Waals surface area contributed by atoms with Gasteiger partial charge in [0.1, 0.15) is 0 Å². The second-order valence-corrected chi connectivity index (χ2v) is 9.50. The average molecular weight is 491 g/mol. The molecule has 3 heterocycles. The molecule has 0 aliphatic carbocycles. The minimum Gasteiger partial charge on any atom is -0.309 e. The number of benzene rings is 3. The SMILES string of the molecule is CN(C)CCC1c2cccc(c2)C(=O)Nc2nc3ccccc3n2-c2cccc(c2)-c2ccc(=O)n1n2. The molecule has 0 radical (unpaired) electrons. The van der Waals surface area contributed by atoms with Gasteiger partial charge in [0.05, 0.1) is 22.8 Å². The van der Waals surface area contributed by atoms with E-state index >= 15 is 0 Å². The van der Waals surface area contributed by atoms with Crippen LogP contribution in [0.4, 0.5) is 5.95 Å². The van der Waals surface area contributed by atoms with Gasteiger partial charge in [-0.05, 0) is 75.1 Å². The second-order valence-electron chi connectivity index (χ2n) is 9.50. The third-order valence-electron chi connectivity index (χ3n) is 6.69. The number of aromatic nitrogens is 4. The van der Waals surface area contributed by atoms with Crippen LogP contribution in [0, 0.1) is 0 Å². The number of carbonyl (C=O) groups is 1. The average Bonchev–Trinajstić information content (AvgIpc) is 3.27. The number of nitrogens with zero attached hydrogens (tertiary/aromatic N) is 5. The van der Waals surface area contributed by atoms with Crippen molar-refractivity contribution in [3.8, 4) is 16.9 Å². The maximum absolute atomic E-state index is 13.5. The largest absolute Gasteiger partial charge is 0.309 e. The van der Waals surface area contributed by atoms with Crippen LogP contribution in [0.3, 0.4) is 0 Å². The quantitative estimate of drug-likeness (QED) is 0.406. The van der Waals surface area contributed by atoms with Crippen molar-refractivity contribution < 1.29 is 4.79 Å². The molecule has 37 heavy (non-hydrogen) atoms. The van der Waals surface area contributed by atoms with Gasteiger partial charge in [-0.15, -0.1) is 0 Å². The standard InChI is InChI=1S/C29H26N6O2/c1-33(2)16-15-25-20-8-5-9-21(17-20)28(37)31-29-30-24-11-3-4-12-26(24)34(29)22-10-6-7-19(18-22)23-13-14-27(36)35(25)32-23/h3-14,17-18,25H,15-16H2,1-2H3,(H,30,31,37). The summed E-state index contributed by atoms with van der Waals surface area (Å²) in [6.45, 7) is 0.749. The number of carbonyl (C=O) groups excluding carboxylic acids is 1. The number of rotatable bonds is 3. The van der Waals surface area contributed by atoms with Crippen LogP contribution in [-0.4, -0.2) is 50.8 Å². The van der Waals surface area contributed by atoms with Crippen LogP contribution in [-0.2, 0) is 0 Å². The molecule has 1 aliphatic heterocycles. The summed E-state index contributed by atoms with van der Waals surface area (Å²) in [6.07, 6.45) is 0.657. The van der Waals surface area contributed by atoms with Crippen LogP contribution < -0.4 is 10.9 Å². The molecule has 0 saturated carbocycles. The predicted octanol–water partition coefficient (Wildman–Crippen LogP) is 4.36. The molecule has 3 aromatic carbocycles. The van der Waals surface area contributed by atoms with Gasteiger partial charge in [0.15, 0.2) is 0 Å². The molecule has 6 rings (SSSR count). The molecular formula is C29H26N6O2. The first-order valence-corrected chi connectivity index (χ1v) is 12.2. The molecule has 0 saturated heterocycles. The fourth-order valence-corrected chi connectivity index (χ4v) is 4.85. The smallest absolute Gasteiger partial charge is 0.267 e. The lowest BCUT2D eigenvalue weighted by Crippen LogP contribution is -2.30. The Morgan fingerprint density at radius 2 is 1.70 bits per heavy atom. The highest BCUT2D eigenvalue weighted by Crippen LogP contribution is 2.29. The summed E-state index contributed by atoms with van der Waals surface area (Å²) in [4.78, 5) is 33.4. The Morgan fingerprint density at radius 1 is 0.892 bits per heavy atom. The van der Waals surface area contributed by atoms with Gasteiger partial charge in [0.2, 0.25) is 5.95 Å². The Hall–Kier alpha value is -4.56. The molecule has 184 valence electrons. The van der Waals surface area contributed by atoms with E-state index in [2.05, 4.69) is 10.2 Å². The van der Waals surface area contributed by atoms with Gasteiger partial charge in [0.25, 0.3) is 11.5 Å². The molecule has 1 amide bonds. The van der Waals surface area contributed by atoms with Gasteiger partial charge in [-0.3, -0.25) is 19.5 Å². The minimum absolute atomic E-state index is 0.187. The van der Waals surface area contributed by atoms with E-state index in [1.807, 2.05) is 85.4 Å². The number of para-hydroxylation sites is 2. The lowest BCUT2D eigenvalue weighted by Gasteiger charge is -2.22. The zero-order valence-corrected chi connectivity index (χ0v) is 20.6. The molecular weight excluding hydrogens is 464 g/mol. The van der Waals surface area contributed by atoms with E-state index in [9.17, 15) is 9.59 Å². The number of nitrogens with one attached hydrogen (secondary N) is 1. The number of anilines is 1. The van der Waals surface area contributed by atoms with Crippen LogP contribution in [0.2, 0.25) is 0 Å². The summed E-state index contributed by atoms with van der Waals surface area (Å²) < 4.78 is 3.48. The Morgan fingerprint density at radius 3 is 2.57 bits per heavy atom. The van der Waals surface area contributed by atoms with Crippen LogP contribution in [0.25, 0.3) is 28.0 Å². The number of amides is 1. The molecule has 1 atom stereocenters. The highest BCUT2D eigenvalue weighted by Gasteiger charge is 2.22. The summed E-state index contributed by atoms with van der Waals surface area (Å²) in [5.74, 6) is 0.167. The minimum atomic E-state index is -0.335. The fraction of sp³-hybridized carbons (Fsp3) is 0.172. The Balaban J connectivity index is 1.63. The van der Waals surface area contributed by atoms with Crippen LogP contribution in [0.5, 0.6) is 0 Å². The molecule has 2 aromatic heterocycles. The maximum Gasteiger partial charge on any atom is 0.267 e. The van der Waals surface area contributed by atoms with Gasteiger partial charge in [-0.2, -0.15) is 5.10 Å². The summed E-state index contributed by atoms with van der Waals surface area (Å²) in [7, 11) is 3.99. The third-order valence-corrected chi connectivity index (χ3v) is 6.69. The molecule has 8 nitrogen and oxygen atoms in total. The first-order valence-electron chi connectivity index (χ1n) is 12.2. The first kappa shape index (κ1) is 22.9. The zero-order valence-electron chi connectivity index (χ0n) is 20.6. The van der Waals surface area contributed by atoms with Crippen molar-refractivity contribution in [2.45, 2.75) is 12.5 Å². The van der Waals surface area contributed by atoms with Gasteiger partial charge < -0.3 is 4.90 Å². The monoisotopic (exact) mass is 490 g/mol. The number of imidazole rings is 1. The van der Waals surface area contributed by atoms with Crippen LogP contribution in [0.1, 0.15) is 28.4 Å². The lowest BCUT2D eigenvalue weighted by atomic mass is 10.0. The summed E-state index contributed by atoms with van der Waals surface area (Å²) in [6, 6.07) is 26.1. The van der Waals surface area contributed by atoms with E-state index in [1.54, 1.807) is 22.9 Å². The second kappa shape index (κ2) is 9.15. The van der Waals surface area contributed by atoms with Gasteiger partial charge in [-0.25, -0.2) is 9.67 Å². The predicted molar refractivity (Wildman–Crippen MR) is 144 cm³/mol. The Labute approximate surface area is 213 Å². The van der Waals surface area contributed by atoms with Crippen molar-refractivity contribution in [3.63, 3.8) is 0 Å². The Kier molecular flexibility index (Phi) is 5.65. The van der Waals surface area contributed by atoms with Gasteiger partial charge >= 0.3 is 0 Å². The topological polar surface area (TPSA) is 85.0 Å². The summed E-state index contributed by atoms with van der Waals surface area (Å²) >= 11 is 0. The molecule has 1 N–H and O–H groups in total. The van der Waals surface area contributed by atoms with Gasteiger partial charge in [-0.1, -0.05) is 36.4 Å². The lowest BCUT2D eigenvalue weighted by molar-refractivity contribution is 0.102. The van der Waals surface area contributed by atoms with E-state index < -0.39 is 0 Å². The van der Waals surface area contributed by atoms with Crippen molar-refractivity contribution >= 4 is 22.9 Å². The van der Waals surface area contributed by atoms with Crippen molar-refractivity contribution in [3.05, 3.63) is 106 Å². The van der Waals surface area contributed by atoms with Crippen molar-refractivity contribution in [2.24, 2.45) is 0 Å². The number of hydrogen-bond donors (Lipinski definition) is 1. The van der Waals surface area contributed by atoms with Crippen molar-refractivity contribution in [1.29, 1.82) is 0 Å². The summed E-state index contributed by atoms with van der Waals surface area (Å²) in [5.41, 5.74) is 5.18. The summed E-state index contributed by atoms with van der Waals surface area (Å²) in [5, 5.41) is 7.86. The van der Waals surface area contributed by atoms with E-state index in [0.717, 1.165) is 34.4 Å². The molecule has 0 fully saturated rings. The molecule has 1 unspecified atom stereocenters. The number of fused-ring (bicyclic) bond motifs is 11. The first-order chi connectivity index (χ1) is 18.0.